The molecule has 0 saturated carbocycles. The van der Waals surface area contributed by atoms with Crippen molar-refractivity contribution in [1.29, 1.82) is 0 Å². The molecule has 1 aliphatic rings. The van der Waals surface area contributed by atoms with Gasteiger partial charge in [0.05, 0.1) is 0 Å². The number of likely N-dealkylation sites (tertiary alicyclic amines) is 1. The molecule has 1 aliphatic heterocycles. The number of hydrogen-bond donors (Lipinski definition) is 2. The summed E-state index contributed by atoms with van der Waals surface area (Å²) in [5.74, 6) is -0.733. The monoisotopic (exact) mass is 256 g/mol. The van der Waals surface area contributed by atoms with Gasteiger partial charge in [-0.25, -0.2) is 0 Å². The van der Waals surface area contributed by atoms with Crippen LogP contribution in [0.1, 0.15) is 53.4 Å². The van der Waals surface area contributed by atoms with Crippen LogP contribution in [0.5, 0.6) is 0 Å². The quantitative estimate of drug-likeness (QED) is 0.732. The van der Waals surface area contributed by atoms with E-state index in [1.807, 2.05) is 13.8 Å². The number of rotatable bonds is 7. The van der Waals surface area contributed by atoms with Gasteiger partial charge in [0.1, 0.15) is 6.04 Å². The molecule has 1 saturated heterocycles. The minimum Gasteiger partial charge on any atom is -0.480 e. The lowest BCUT2D eigenvalue weighted by molar-refractivity contribution is -0.140. The van der Waals surface area contributed by atoms with Gasteiger partial charge in [-0.05, 0) is 32.6 Å². The molecule has 4 nitrogen and oxygen atoms in total. The Bertz CT molecular complexity index is 269. The first-order valence-corrected chi connectivity index (χ1v) is 7.20. The van der Waals surface area contributed by atoms with Gasteiger partial charge in [0.25, 0.3) is 0 Å². The Labute approximate surface area is 111 Å². The first-order valence-electron chi connectivity index (χ1n) is 7.20. The number of hydrogen-bond acceptors (Lipinski definition) is 3. The lowest BCUT2D eigenvalue weighted by atomic mass is 10.1. The summed E-state index contributed by atoms with van der Waals surface area (Å²) in [5.41, 5.74) is 0. The maximum Gasteiger partial charge on any atom is 0.320 e. The van der Waals surface area contributed by atoms with Crippen molar-refractivity contribution < 1.29 is 9.90 Å². The first kappa shape index (κ1) is 15.4. The second kappa shape index (κ2) is 7.10. The van der Waals surface area contributed by atoms with E-state index in [4.69, 9.17) is 0 Å². The molecular formula is C14H28N2O2. The van der Waals surface area contributed by atoms with E-state index in [-0.39, 0.29) is 6.04 Å². The zero-order chi connectivity index (χ0) is 13.7. The van der Waals surface area contributed by atoms with Crippen molar-refractivity contribution in [3.8, 4) is 0 Å². The van der Waals surface area contributed by atoms with Crippen LogP contribution >= 0.6 is 0 Å². The van der Waals surface area contributed by atoms with Crippen molar-refractivity contribution in [1.82, 2.24) is 10.2 Å². The van der Waals surface area contributed by atoms with Crippen LogP contribution in [0.4, 0.5) is 0 Å². The zero-order valence-electron chi connectivity index (χ0n) is 12.1. The fourth-order valence-corrected chi connectivity index (χ4v) is 2.93. The van der Waals surface area contributed by atoms with E-state index in [9.17, 15) is 9.90 Å². The maximum absolute atomic E-state index is 11.2. The third-order valence-electron chi connectivity index (χ3n) is 3.93. The fourth-order valence-electron chi connectivity index (χ4n) is 2.93. The Morgan fingerprint density at radius 1 is 1.44 bits per heavy atom. The van der Waals surface area contributed by atoms with Gasteiger partial charge in [-0.3, -0.25) is 9.69 Å². The van der Waals surface area contributed by atoms with E-state index >= 15 is 0 Å². The second-order valence-corrected chi connectivity index (χ2v) is 5.73. The number of carboxylic acids is 1. The molecule has 2 N–H and O–H groups in total. The summed E-state index contributed by atoms with van der Waals surface area (Å²) in [7, 11) is 0. The van der Waals surface area contributed by atoms with Crippen molar-refractivity contribution in [2.75, 3.05) is 6.54 Å². The Morgan fingerprint density at radius 2 is 2.11 bits per heavy atom. The fraction of sp³-hybridized carbons (Fsp3) is 0.929. The summed E-state index contributed by atoms with van der Waals surface area (Å²) in [6.07, 6.45) is 4.36. The standard InChI is InChI=1S/C14H28N2O2/c1-5-12-7-6-11(4)16(12)9-8-13(14(17)18)15-10(2)3/h10-13,15H,5-9H2,1-4H3,(H,17,18). The molecule has 0 bridgehead atoms. The van der Waals surface area contributed by atoms with Gasteiger partial charge in [-0.2, -0.15) is 0 Å². The summed E-state index contributed by atoms with van der Waals surface area (Å²) in [4.78, 5) is 13.7. The summed E-state index contributed by atoms with van der Waals surface area (Å²) in [6, 6.07) is 1.04. The normalized spacial score (nSPS) is 26.7. The van der Waals surface area contributed by atoms with Gasteiger partial charge < -0.3 is 10.4 Å². The highest BCUT2D eigenvalue weighted by molar-refractivity contribution is 5.73. The molecule has 106 valence electrons. The summed E-state index contributed by atoms with van der Waals surface area (Å²) in [6.45, 7) is 9.33. The largest absolute Gasteiger partial charge is 0.480 e. The Morgan fingerprint density at radius 3 is 2.61 bits per heavy atom. The number of aliphatic carboxylic acids is 1. The molecule has 3 unspecified atom stereocenters. The molecule has 0 aromatic heterocycles. The van der Waals surface area contributed by atoms with Crippen molar-refractivity contribution in [3.63, 3.8) is 0 Å². The van der Waals surface area contributed by atoms with Gasteiger partial charge in [-0.1, -0.05) is 20.8 Å². The Balaban J connectivity index is 2.48. The molecular weight excluding hydrogens is 228 g/mol. The van der Waals surface area contributed by atoms with E-state index in [0.29, 0.717) is 18.5 Å². The SMILES string of the molecule is CCC1CCC(C)N1CCC(NC(C)C)C(=O)O. The predicted molar refractivity (Wildman–Crippen MR) is 73.8 cm³/mol. The van der Waals surface area contributed by atoms with E-state index in [1.54, 1.807) is 0 Å². The van der Waals surface area contributed by atoms with Gasteiger partial charge in [-0.15, -0.1) is 0 Å². The molecule has 0 spiro atoms. The van der Waals surface area contributed by atoms with Crippen LogP contribution in [-0.4, -0.2) is 46.7 Å². The molecule has 18 heavy (non-hydrogen) atoms. The number of carbonyl (C=O) groups is 1. The van der Waals surface area contributed by atoms with Crippen LogP contribution in [0.25, 0.3) is 0 Å². The zero-order valence-corrected chi connectivity index (χ0v) is 12.1. The molecule has 1 heterocycles. The van der Waals surface area contributed by atoms with Crippen LogP contribution in [0, 0.1) is 0 Å². The highest BCUT2D eigenvalue weighted by atomic mass is 16.4. The maximum atomic E-state index is 11.2. The van der Waals surface area contributed by atoms with Crippen molar-refractivity contribution in [2.45, 2.75) is 77.5 Å². The summed E-state index contributed by atoms with van der Waals surface area (Å²) < 4.78 is 0. The smallest absolute Gasteiger partial charge is 0.320 e. The Kier molecular flexibility index (Phi) is 6.09. The molecule has 4 heteroatoms. The third-order valence-corrected chi connectivity index (χ3v) is 3.93. The Hall–Kier alpha value is -0.610. The van der Waals surface area contributed by atoms with Crippen LogP contribution < -0.4 is 5.32 Å². The minimum absolute atomic E-state index is 0.212. The molecule has 0 radical (unpaired) electrons. The highest BCUT2D eigenvalue weighted by Crippen LogP contribution is 2.26. The van der Waals surface area contributed by atoms with Crippen LogP contribution in [0.2, 0.25) is 0 Å². The van der Waals surface area contributed by atoms with E-state index < -0.39 is 12.0 Å². The molecule has 1 fully saturated rings. The average molecular weight is 256 g/mol. The molecule has 1 rings (SSSR count). The van der Waals surface area contributed by atoms with Gasteiger partial charge in [0, 0.05) is 24.7 Å². The molecule has 3 atom stereocenters. The average Bonchev–Trinajstić information content (AvgIpc) is 2.64. The van der Waals surface area contributed by atoms with E-state index in [1.165, 1.54) is 19.3 Å². The highest BCUT2D eigenvalue weighted by Gasteiger charge is 2.30. The number of nitrogens with one attached hydrogen (secondary N) is 1. The van der Waals surface area contributed by atoms with E-state index in [2.05, 4.69) is 24.1 Å². The van der Waals surface area contributed by atoms with Crippen molar-refractivity contribution >= 4 is 5.97 Å². The molecule has 0 amide bonds. The molecule has 0 aromatic rings. The lowest BCUT2D eigenvalue weighted by Gasteiger charge is -2.29. The topological polar surface area (TPSA) is 52.6 Å². The number of nitrogens with zero attached hydrogens (tertiary/aromatic N) is 1. The lowest BCUT2D eigenvalue weighted by Crippen LogP contribution is -2.44. The first-order chi connectivity index (χ1) is 8.45. The van der Waals surface area contributed by atoms with Crippen LogP contribution in [-0.2, 0) is 4.79 Å². The molecule has 0 aromatic carbocycles. The van der Waals surface area contributed by atoms with Crippen LogP contribution in [0.3, 0.4) is 0 Å². The number of carboxylic acid groups (broad SMARTS) is 1. The summed E-state index contributed by atoms with van der Waals surface area (Å²) >= 11 is 0. The van der Waals surface area contributed by atoms with Crippen molar-refractivity contribution in [2.24, 2.45) is 0 Å². The van der Waals surface area contributed by atoms with Crippen LogP contribution in [0.15, 0.2) is 0 Å². The molecule has 0 aliphatic carbocycles. The van der Waals surface area contributed by atoms with Gasteiger partial charge >= 0.3 is 5.97 Å². The predicted octanol–water partition coefficient (Wildman–Crippen LogP) is 2.09. The summed E-state index contributed by atoms with van der Waals surface area (Å²) in [5, 5.41) is 12.3. The van der Waals surface area contributed by atoms with E-state index in [0.717, 1.165) is 6.54 Å². The van der Waals surface area contributed by atoms with Gasteiger partial charge in [0.15, 0.2) is 0 Å². The third kappa shape index (κ3) is 4.25. The second-order valence-electron chi connectivity index (χ2n) is 5.73. The van der Waals surface area contributed by atoms with Gasteiger partial charge in [0.2, 0.25) is 0 Å². The minimum atomic E-state index is -0.733. The van der Waals surface area contributed by atoms with Crippen molar-refractivity contribution in [3.05, 3.63) is 0 Å².